The molecule has 0 spiro atoms. The van der Waals surface area contributed by atoms with Gasteiger partial charge in [-0.2, -0.15) is 0 Å². The second-order valence-electron chi connectivity index (χ2n) is 7.16. The van der Waals surface area contributed by atoms with Crippen molar-refractivity contribution in [1.82, 2.24) is 10.2 Å². The Morgan fingerprint density at radius 3 is 3.00 bits per heavy atom. The van der Waals surface area contributed by atoms with E-state index < -0.39 is 0 Å². The van der Waals surface area contributed by atoms with Crippen LogP contribution in [-0.2, 0) is 16.0 Å². The van der Waals surface area contributed by atoms with E-state index in [1.165, 1.54) is 21.6 Å². The first-order chi connectivity index (χ1) is 12.7. The zero-order valence-electron chi connectivity index (χ0n) is 15.2. The van der Waals surface area contributed by atoms with Gasteiger partial charge in [-0.05, 0) is 54.3 Å². The van der Waals surface area contributed by atoms with Crippen molar-refractivity contribution in [3.8, 4) is 0 Å². The van der Waals surface area contributed by atoms with Crippen LogP contribution in [0, 0.1) is 6.92 Å². The summed E-state index contributed by atoms with van der Waals surface area (Å²) in [5.41, 5.74) is 3.77. The molecule has 0 saturated carbocycles. The summed E-state index contributed by atoms with van der Waals surface area (Å²) < 4.78 is 5.64. The fourth-order valence-corrected chi connectivity index (χ4v) is 4.96. The number of carbonyl (C=O) groups excluding carboxylic acids is 1. The third kappa shape index (κ3) is 3.56. The van der Waals surface area contributed by atoms with Crippen LogP contribution >= 0.6 is 11.3 Å². The van der Waals surface area contributed by atoms with E-state index >= 15 is 0 Å². The Hall–Kier alpha value is -1.69. The normalized spacial score (nSPS) is 22.4. The molecule has 5 heteroatoms. The molecule has 1 N–H and O–H groups in total. The molecule has 1 fully saturated rings. The predicted octanol–water partition coefficient (Wildman–Crippen LogP) is 3.30. The molecule has 2 atom stereocenters. The van der Waals surface area contributed by atoms with Gasteiger partial charge in [0.1, 0.15) is 0 Å². The summed E-state index contributed by atoms with van der Waals surface area (Å²) in [4.78, 5) is 16.5. The van der Waals surface area contributed by atoms with E-state index in [1.807, 2.05) is 11.3 Å². The molecule has 2 aromatic rings. The van der Waals surface area contributed by atoms with Gasteiger partial charge in [0.25, 0.3) is 0 Å². The predicted molar refractivity (Wildman–Crippen MR) is 105 cm³/mol. The Morgan fingerprint density at radius 2 is 2.19 bits per heavy atom. The van der Waals surface area contributed by atoms with Crippen LogP contribution in [0.3, 0.4) is 0 Å². The summed E-state index contributed by atoms with van der Waals surface area (Å²) in [7, 11) is 0. The highest BCUT2D eigenvalue weighted by atomic mass is 32.1. The van der Waals surface area contributed by atoms with E-state index in [-0.39, 0.29) is 18.1 Å². The molecule has 1 saturated heterocycles. The Balaban J connectivity index is 1.52. The fourth-order valence-electron chi connectivity index (χ4n) is 4.06. The molecule has 0 unspecified atom stereocenters. The van der Waals surface area contributed by atoms with Gasteiger partial charge in [0.15, 0.2) is 0 Å². The standard InChI is InChI=1S/C21H26N2O2S/c1-15-5-2-3-7-17(15)21-18-9-12-26-19(18)8-10-23(21)20(24)14-22-13-16-6-4-11-25-16/h2-3,5,7,9,12,16,21-22H,4,6,8,10-11,13-14H2,1H3/t16-,21-/m0/s1. The quantitative estimate of drug-likeness (QED) is 0.878. The maximum absolute atomic E-state index is 13.0. The lowest BCUT2D eigenvalue weighted by Gasteiger charge is -2.37. The summed E-state index contributed by atoms with van der Waals surface area (Å²) in [5, 5.41) is 5.47. The number of hydrogen-bond acceptors (Lipinski definition) is 4. The average molecular weight is 371 g/mol. The summed E-state index contributed by atoms with van der Waals surface area (Å²) >= 11 is 1.81. The number of aryl methyl sites for hydroxylation is 1. The van der Waals surface area contributed by atoms with Crippen molar-refractivity contribution in [2.45, 2.75) is 38.3 Å². The molecule has 0 radical (unpaired) electrons. The van der Waals surface area contributed by atoms with Crippen molar-refractivity contribution in [2.24, 2.45) is 0 Å². The molecule has 4 rings (SSSR count). The van der Waals surface area contributed by atoms with Crippen LogP contribution in [0.1, 0.15) is 40.5 Å². The van der Waals surface area contributed by atoms with Crippen LogP contribution in [-0.4, -0.2) is 43.2 Å². The van der Waals surface area contributed by atoms with Gasteiger partial charge in [0.2, 0.25) is 5.91 Å². The summed E-state index contributed by atoms with van der Waals surface area (Å²) in [6.07, 6.45) is 3.43. The highest BCUT2D eigenvalue weighted by Crippen LogP contribution is 2.38. The van der Waals surface area contributed by atoms with Crippen molar-refractivity contribution in [1.29, 1.82) is 0 Å². The molecule has 26 heavy (non-hydrogen) atoms. The molecular formula is C21H26N2O2S. The Morgan fingerprint density at radius 1 is 1.31 bits per heavy atom. The first-order valence-electron chi connectivity index (χ1n) is 9.47. The smallest absolute Gasteiger partial charge is 0.237 e. The number of carbonyl (C=O) groups is 1. The maximum atomic E-state index is 13.0. The molecule has 4 nitrogen and oxygen atoms in total. The van der Waals surface area contributed by atoms with E-state index in [0.717, 1.165) is 39.0 Å². The molecule has 2 aliphatic rings. The third-order valence-corrected chi connectivity index (χ3v) is 6.44. The Bertz CT molecular complexity index is 767. The minimum absolute atomic E-state index is 0.0308. The van der Waals surface area contributed by atoms with Gasteiger partial charge in [0.05, 0.1) is 18.7 Å². The fraction of sp³-hybridized carbons (Fsp3) is 0.476. The lowest BCUT2D eigenvalue weighted by Crippen LogP contribution is -2.45. The zero-order valence-corrected chi connectivity index (χ0v) is 16.1. The molecule has 0 bridgehead atoms. The lowest BCUT2D eigenvalue weighted by molar-refractivity contribution is -0.132. The molecule has 1 amide bonds. The largest absolute Gasteiger partial charge is 0.377 e. The van der Waals surface area contributed by atoms with Crippen LogP contribution in [0.25, 0.3) is 0 Å². The number of fused-ring (bicyclic) bond motifs is 1. The number of amides is 1. The highest BCUT2D eigenvalue weighted by Gasteiger charge is 2.33. The summed E-state index contributed by atoms with van der Waals surface area (Å²) in [6.45, 7) is 4.91. The van der Waals surface area contributed by atoms with Gasteiger partial charge in [0, 0.05) is 24.6 Å². The van der Waals surface area contributed by atoms with Gasteiger partial charge in [-0.25, -0.2) is 0 Å². The number of thiophene rings is 1. The molecule has 3 heterocycles. The summed E-state index contributed by atoms with van der Waals surface area (Å²) in [6, 6.07) is 10.6. The van der Waals surface area contributed by atoms with Crippen molar-refractivity contribution < 1.29 is 9.53 Å². The SMILES string of the molecule is Cc1ccccc1[C@H]1c2ccsc2CCN1C(=O)CNC[C@@H]1CCCO1. The second kappa shape index (κ2) is 7.91. The van der Waals surface area contributed by atoms with Crippen molar-refractivity contribution in [3.63, 3.8) is 0 Å². The van der Waals surface area contributed by atoms with E-state index in [0.29, 0.717) is 6.54 Å². The number of nitrogens with zero attached hydrogens (tertiary/aromatic N) is 1. The third-order valence-electron chi connectivity index (χ3n) is 5.44. The van der Waals surface area contributed by atoms with E-state index in [9.17, 15) is 4.79 Å². The Kier molecular flexibility index (Phi) is 5.38. The van der Waals surface area contributed by atoms with Crippen molar-refractivity contribution in [3.05, 3.63) is 57.3 Å². The van der Waals surface area contributed by atoms with E-state index in [2.05, 4.69) is 52.9 Å². The second-order valence-corrected chi connectivity index (χ2v) is 8.16. The van der Waals surface area contributed by atoms with Gasteiger partial charge < -0.3 is 15.0 Å². The first-order valence-corrected chi connectivity index (χ1v) is 10.4. The van der Waals surface area contributed by atoms with Crippen LogP contribution in [0.5, 0.6) is 0 Å². The topological polar surface area (TPSA) is 41.6 Å². The Labute approximate surface area is 159 Å². The van der Waals surface area contributed by atoms with Gasteiger partial charge in [-0.1, -0.05) is 24.3 Å². The minimum atomic E-state index is 0.0308. The highest BCUT2D eigenvalue weighted by molar-refractivity contribution is 7.10. The van der Waals surface area contributed by atoms with Crippen LogP contribution in [0.15, 0.2) is 35.7 Å². The molecule has 1 aromatic heterocycles. The number of benzene rings is 1. The molecule has 0 aliphatic carbocycles. The van der Waals surface area contributed by atoms with E-state index in [4.69, 9.17) is 4.74 Å². The van der Waals surface area contributed by atoms with Crippen LogP contribution in [0.2, 0.25) is 0 Å². The minimum Gasteiger partial charge on any atom is -0.377 e. The number of hydrogen-bond donors (Lipinski definition) is 1. The average Bonchev–Trinajstić information content (AvgIpc) is 3.33. The molecule has 138 valence electrons. The number of rotatable bonds is 5. The van der Waals surface area contributed by atoms with Crippen molar-refractivity contribution >= 4 is 17.2 Å². The maximum Gasteiger partial charge on any atom is 0.237 e. The van der Waals surface area contributed by atoms with E-state index in [1.54, 1.807) is 0 Å². The molecule has 1 aromatic carbocycles. The lowest BCUT2D eigenvalue weighted by atomic mass is 9.90. The summed E-state index contributed by atoms with van der Waals surface area (Å²) in [5.74, 6) is 0.174. The number of ether oxygens (including phenoxy) is 1. The number of nitrogens with one attached hydrogen (secondary N) is 1. The van der Waals surface area contributed by atoms with Crippen molar-refractivity contribution in [2.75, 3.05) is 26.2 Å². The zero-order chi connectivity index (χ0) is 17.9. The van der Waals surface area contributed by atoms with Gasteiger partial charge in [-0.15, -0.1) is 11.3 Å². The van der Waals surface area contributed by atoms with Crippen LogP contribution < -0.4 is 5.32 Å². The first kappa shape index (κ1) is 17.7. The van der Waals surface area contributed by atoms with Gasteiger partial charge in [-0.3, -0.25) is 4.79 Å². The van der Waals surface area contributed by atoms with Gasteiger partial charge >= 0.3 is 0 Å². The molecule has 2 aliphatic heterocycles. The molecular weight excluding hydrogens is 344 g/mol. The monoisotopic (exact) mass is 370 g/mol. The van der Waals surface area contributed by atoms with Crippen LogP contribution in [0.4, 0.5) is 0 Å².